The second kappa shape index (κ2) is 4.72. The van der Waals surface area contributed by atoms with Gasteiger partial charge < -0.3 is 0 Å². The molecule has 0 bridgehead atoms. The Hall–Kier alpha value is -0.980. The van der Waals surface area contributed by atoms with Crippen LogP contribution >= 0.6 is 0 Å². The molecular weight excluding hydrogens is 208 g/mol. The summed E-state index contributed by atoms with van der Waals surface area (Å²) in [5, 5.41) is 12.2. The van der Waals surface area contributed by atoms with E-state index < -0.39 is 0 Å². The van der Waals surface area contributed by atoms with Crippen LogP contribution in [0.3, 0.4) is 0 Å². The molecule has 17 heavy (non-hydrogen) atoms. The van der Waals surface area contributed by atoms with E-state index in [1.54, 1.807) is 6.07 Å². The molecule has 1 rings (SSSR count). The summed E-state index contributed by atoms with van der Waals surface area (Å²) in [5.74, 6) is 0.191. The summed E-state index contributed by atoms with van der Waals surface area (Å²) < 4.78 is 0. The summed E-state index contributed by atoms with van der Waals surface area (Å²) in [6.07, 6.45) is 2.03. The van der Waals surface area contributed by atoms with Gasteiger partial charge in [-0.15, -0.1) is 0 Å². The lowest BCUT2D eigenvalue weighted by atomic mass is 9.71. The molecule has 0 aromatic heterocycles. The van der Waals surface area contributed by atoms with E-state index in [0.717, 1.165) is 18.4 Å². The van der Waals surface area contributed by atoms with Crippen molar-refractivity contribution in [2.45, 2.75) is 65.2 Å². The average Bonchev–Trinajstić information content (AvgIpc) is 2.28. The van der Waals surface area contributed by atoms with Crippen LogP contribution < -0.4 is 0 Å². The Balaban J connectivity index is 3.48. The quantitative estimate of drug-likeness (QED) is 0.680. The van der Waals surface area contributed by atoms with Gasteiger partial charge in [-0.1, -0.05) is 53.7 Å². The lowest BCUT2D eigenvalue weighted by molar-refractivity contribution is 0.330. The molecule has 1 heteroatoms. The molecule has 0 aliphatic rings. The lowest BCUT2D eigenvalue weighted by Crippen LogP contribution is -2.25. The second-order valence-electron chi connectivity index (χ2n) is 6.15. The first-order valence-electron chi connectivity index (χ1n) is 6.57. The minimum atomic E-state index is -0.0416. The van der Waals surface area contributed by atoms with Gasteiger partial charge in [-0.25, -0.2) is 0 Å². The highest BCUT2D eigenvalue weighted by molar-refractivity contribution is 5.47. The second-order valence-corrected chi connectivity index (χ2v) is 6.15. The maximum absolute atomic E-state index is 12.2. The fourth-order valence-electron chi connectivity index (χ4n) is 2.16. The number of rotatable bonds is 4. The zero-order valence-corrected chi connectivity index (χ0v) is 12.1. The maximum atomic E-state index is 12.2. The van der Waals surface area contributed by atoms with Crippen LogP contribution in [-0.2, 0) is 15.9 Å². The molecule has 0 saturated carbocycles. The Morgan fingerprint density at radius 2 is 1.47 bits per heavy atom. The molecule has 0 saturated heterocycles. The van der Waals surface area contributed by atoms with E-state index in [0.29, 0.717) is 0 Å². The van der Waals surface area contributed by atoms with Gasteiger partial charge in [0.2, 0.25) is 0 Å². The van der Waals surface area contributed by atoms with Gasteiger partial charge in [0, 0.05) is 5.56 Å². The van der Waals surface area contributed by atoms with Crippen molar-refractivity contribution in [1.29, 1.82) is 0 Å². The van der Waals surface area contributed by atoms with E-state index in [1.807, 2.05) is 6.07 Å². The van der Waals surface area contributed by atoms with E-state index in [9.17, 15) is 5.11 Å². The highest BCUT2D eigenvalue weighted by Crippen LogP contribution is 2.42. The number of benzene rings is 1. The van der Waals surface area contributed by atoms with Crippen LogP contribution in [0.5, 0.6) is 5.75 Å². The third-order valence-electron chi connectivity index (χ3n) is 4.20. The van der Waals surface area contributed by atoms with E-state index in [1.165, 1.54) is 5.56 Å². The van der Waals surface area contributed by atoms with Gasteiger partial charge in [0.05, 0.1) is 0 Å². The van der Waals surface area contributed by atoms with Crippen LogP contribution in [-0.4, -0.2) is 0 Å². The topological polar surface area (TPSA) is 19.9 Å². The molecule has 0 aliphatic heterocycles. The average molecular weight is 233 g/mol. The van der Waals surface area contributed by atoms with Gasteiger partial charge in [0.15, 0.2) is 5.75 Å². The molecule has 0 heterocycles. The molecule has 0 N–H and O–H groups in total. The molecule has 0 amide bonds. The minimum absolute atomic E-state index is 0.0416. The Morgan fingerprint density at radius 1 is 0.941 bits per heavy atom. The zero-order valence-electron chi connectivity index (χ0n) is 12.1. The lowest BCUT2D eigenvalue weighted by Gasteiger charge is -2.33. The van der Waals surface area contributed by atoms with Crippen molar-refractivity contribution >= 4 is 0 Å². The van der Waals surface area contributed by atoms with Gasteiger partial charge in [0.25, 0.3) is 0 Å². The van der Waals surface area contributed by atoms with Crippen LogP contribution in [0.4, 0.5) is 0 Å². The van der Waals surface area contributed by atoms with Gasteiger partial charge in [-0.05, 0) is 35.3 Å². The van der Waals surface area contributed by atoms with E-state index in [-0.39, 0.29) is 16.6 Å². The summed E-state index contributed by atoms with van der Waals surface area (Å²) in [6, 6.07) is 5.71. The first-order valence-corrected chi connectivity index (χ1v) is 6.57. The molecule has 95 valence electrons. The normalized spacial score (nSPS) is 12.8. The van der Waals surface area contributed by atoms with Crippen LogP contribution in [0.25, 0.3) is 0 Å². The smallest absolute Gasteiger partial charge is 0.182 e. The van der Waals surface area contributed by atoms with Crippen LogP contribution in [0.2, 0.25) is 0 Å². The molecule has 1 nitrogen and oxygen atoms in total. The van der Waals surface area contributed by atoms with Crippen LogP contribution in [0.15, 0.2) is 18.2 Å². The van der Waals surface area contributed by atoms with E-state index in [4.69, 9.17) is 0 Å². The van der Waals surface area contributed by atoms with Crippen molar-refractivity contribution in [1.82, 2.24) is 0 Å². The SMILES string of the molecule is CCC(C)(C)c1cccc([O])c1C(C)(C)CC. The van der Waals surface area contributed by atoms with E-state index >= 15 is 0 Å². The zero-order chi connectivity index (χ0) is 13.3. The summed E-state index contributed by atoms with van der Waals surface area (Å²) >= 11 is 0. The monoisotopic (exact) mass is 233 g/mol. The molecule has 0 unspecified atom stereocenters. The summed E-state index contributed by atoms with van der Waals surface area (Å²) in [7, 11) is 0. The Morgan fingerprint density at radius 3 is 1.94 bits per heavy atom. The number of hydrogen-bond acceptors (Lipinski definition) is 0. The Kier molecular flexibility index (Phi) is 3.91. The fraction of sp³-hybridized carbons (Fsp3) is 0.625. The first-order chi connectivity index (χ1) is 7.76. The predicted molar refractivity (Wildman–Crippen MR) is 73.2 cm³/mol. The van der Waals surface area contributed by atoms with Gasteiger partial charge in [-0.3, -0.25) is 5.11 Å². The molecule has 1 aromatic rings. The first kappa shape index (κ1) is 14.1. The predicted octanol–water partition coefficient (Wildman–Crippen LogP) is 5.21. The van der Waals surface area contributed by atoms with Crippen LogP contribution in [0, 0.1) is 0 Å². The van der Waals surface area contributed by atoms with E-state index in [2.05, 4.69) is 47.6 Å². The van der Waals surface area contributed by atoms with Gasteiger partial charge in [-0.2, -0.15) is 0 Å². The molecule has 1 radical (unpaired) electrons. The standard InChI is InChI=1S/C16H25O/c1-7-15(3,4)12-10-9-11-13(17)14(12)16(5,6)8-2/h9-11H,7-8H2,1-6H3. The van der Waals surface area contributed by atoms with Crippen molar-refractivity contribution in [3.8, 4) is 5.75 Å². The van der Waals surface area contributed by atoms with Crippen molar-refractivity contribution in [3.63, 3.8) is 0 Å². The van der Waals surface area contributed by atoms with Gasteiger partial charge >= 0.3 is 0 Å². The summed E-state index contributed by atoms with van der Waals surface area (Å²) in [5.41, 5.74) is 2.26. The number of hydrogen-bond donors (Lipinski definition) is 0. The maximum Gasteiger partial charge on any atom is 0.182 e. The van der Waals surface area contributed by atoms with Crippen molar-refractivity contribution in [2.24, 2.45) is 0 Å². The van der Waals surface area contributed by atoms with Gasteiger partial charge in [0.1, 0.15) is 0 Å². The third kappa shape index (κ3) is 2.65. The van der Waals surface area contributed by atoms with Crippen molar-refractivity contribution in [2.75, 3.05) is 0 Å². The molecular formula is C16H25O. The highest BCUT2D eigenvalue weighted by Gasteiger charge is 2.31. The Bertz CT molecular complexity index is 389. The highest BCUT2D eigenvalue weighted by atomic mass is 16.3. The molecule has 0 aliphatic carbocycles. The molecule has 1 aromatic carbocycles. The van der Waals surface area contributed by atoms with Crippen LogP contribution in [0.1, 0.15) is 65.5 Å². The van der Waals surface area contributed by atoms with Crippen molar-refractivity contribution < 1.29 is 5.11 Å². The molecule has 0 spiro atoms. The summed E-state index contributed by atoms with van der Waals surface area (Å²) in [4.78, 5) is 0. The fourth-order valence-corrected chi connectivity index (χ4v) is 2.16. The molecule has 0 atom stereocenters. The largest absolute Gasteiger partial charge is 0.290 e. The third-order valence-corrected chi connectivity index (χ3v) is 4.20. The summed E-state index contributed by atoms with van der Waals surface area (Å²) in [6.45, 7) is 13.1. The minimum Gasteiger partial charge on any atom is -0.290 e. The van der Waals surface area contributed by atoms with Crippen molar-refractivity contribution in [3.05, 3.63) is 29.3 Å². The molecule has 0 fully saturated rings. The Labute approximate surface area is 106 Å².